The lowest BCUT2D eigenvalue weighted by atomic mass is 9.96. The van der Waals surface area contributed by atoms with Gasteiger partial charge in [-0.25, -0.2) is 9.67 Å². The molecule has 0 radical (unpaired) electrons. The average Bonchev–Trinajstić information content (AvgIpc) is 3.41. The van der Waals surface area contributed by atoms with E-state index in [1.54, 1.807) is 6.20 Å². The van der Waals surface area contributed by atoms with Crippen LogP contribution in [-0.2, 0) is 11.2 Å². The Morgan fingerprint density at radius 2 is 1.79 bits per heavy atom. The summed E-state index contributed by atoms with van der Waals surface area (Å²) >= 11 is 0. The summed E-state index contributed by atoms with van der Waals surface area (Å²) in [6, 6.07) is 18.1. The first-order valence-corrected chi connectivity index (χ1v) is 10.1. The Balaban J connectivity index is 1.20. The first-order valence-electron chi connectivity index (χ1n) is 10.1. The van der Waals surface area contributed by atoms with Crippen molar-refractivity contribution in [1.29, 1.82) is 0 Å². The van der Waals surface area contributed by atoms with E-state index in [0.717, 1.165) is 54.0 Å². The zero-order chi connectivity index (χ0) is 19.6. The second-order valence-corrected chi connectivity index (χ2v) is 7.60. The number of likely N-dealkylation sites (tertiary alicyclic amines) is 1. The summed E-state index contributed by atoms with van der Waals surface area (Å²) in [6.45, 7) is 1.54. The van der Waals surface area contributed by atoms with E-state index in [9.17, 15) is 4.79 Å². The molecule has 1 saturated heterocycles. The van der Waals surface area contributed by atoms with Gasteiger partial charge >= 0.3 is 0 Å². The van der Waals surface area contributed by atoms with Crippen molar-refractivity contribution in [2.75, 3.05) is 13.1 Å². The molecule has 1 amide bonds. The number of imidazole rings is 1. The summed E-state index contributed by atoms with van der Waals surface area (Å²) in [5.41, 5.74) is 4.03. The van der Waals surface area contributed by atoms with Crippen molar-refractivity contribution in [3.05, 3.63) is 78.4 Å². The van der Waals surface area contributed by atoms with Crippen LogP contribution < -0.4 is 0 Å². The van der Waals surface area contributed by atoms with Crippen LogP contribution in [-0.4, -0.2) is 43.6 Å². The molecule has 2 aromatic heterocycles. The highest BCUT2D eigenvalue weighted by Crippen LogP contribution is 2.28. The molecule has 2 aromatic carbocycles. The highest BCUT2D eigenvalue weighted by molar-refractivity contribution is 5.79. The minimum absolute atomic E-state index is 0.167. The fourth-order valence-corrected chi connectivity index (χ4v) is 4.03. The molecule has 0 saturated carbocycles. The van der Waals surface area contributed by atoms with E-state index in [4.69, 9.17) is 4.98 Å². The number of hydrogen-bond donors (Lipinski definition) is 1. The smallest absolute Gasteiger partial charge is 0.227 e. The summed E-state index contributed by atoms with van der Waals surface area (Å²) < 4.78 is 1.82. The van der Waals surface area contributed by atoms with Gasteiger partial charge in [-0.2, -0.15) is 5.10 Å². The van der Waals surface area contributed by atoms with Gasteiger partial charge in [0.15, 0.2) is 0 Å². The number of fused-ring (bicyclic) bond motifs is 1. The molecule has 1 fully saturated rings. The monoisotopic (exact) mass is 385 g/mol. The number of nitrogens with zero attached hydrogens (tertiary/aromatic N) is 4. The SMILES string of the molecule is O=C(Cc1cnn(-c2ccccc2)c1)N1CCC(c2nc3ccccc3[nH]2)CC1. The standard InChI is InChI=1S/C23H23N5O/c29-22(14-17-15-24-28(16-17)19-6-2-1-3-7-19)27-12-10-18(11-13-27)23-25-20-8-4-5-9-21(20)26-23/h1-9,15-16,18H,10-14H2,(H,25,26). The molecule has 0 aliphatic carbocycles. The number of benzene rings is 2. The molecule has 4 aromatic rings. The number of carbonyl (C=O) groups excluding carboxylic acids is 1. The third-order valence-corrected chi connectivity index (χ3v) is 5.65. The third kappa shape index (κ3) is 3.66. The number of amides is 1. The fraction of sp³-hybridized carbons (Fsp3) is 0.261. The Bertz CT molecular complexity index is 1090. The molecule has 1 aliphatic rings. The first kappa shape index (κ1) is 17.7. The molecule has 0 atom stereocenters. The van der Waals surface area contributed by atoms with E-state index in [0.29, 0.717) is 12.3 Å². The van der Waals surface area contributed by atoms with Crippen LogP contribution in [0.4, 0.5) is 0 Å². The molecular weight excluding hydrogens is 362 g/mol. The van der Waals surface area contributed by atoms with Crippen molar-refractivity contribution >= 4 is 16.9 Å². The van der Waals surface area contributed by atoms with Gasteiger partial charge in [-0.05, 0) is 42.7 Å². The number of carbonyl (C=O) groups is 1. The first-order chi connectivity index (χ1) is 14.3. The number of hydrogen-bond acceptors (Lipinski definition) is 3. The molecule has 6 heteroatoms. The number of aromatic nitrogens is 4. The summed E-state index contributed by atoms with van der Waals surface area (Å²) in [5.74, 6) is 1.59. The number of H-pyrrole nitrogens is 1. The van der Waals surface area contributed by atoms with Crippen LogP contribution >= 0.6 is 0 Å². The van der Waals surface area contributed by atoms with Crippen molar-refractivity contribution in [3.8, 4) is 5.69 Å². The lowest BCUT2D eigenvalue weighted by Crippen LogP contribution is -2.38. The maximum absolute atomic E-state index is 12.8. The van der Waals surface area contributed by atoms with Crippen molar-refractivity contribution in [2.45, 2.75) is 25.2 Å². The van der Waals surface area contributed by atoms with Gasteiger partial charge in [0.05, 0.1) is 29.3 Å². The van der Waals surface area contributed by atoms with Gasteiger partial charge in [0.25, 0.3) is 0 Å². The van der Waals surface area contributed by atoms with Gasteiger partial charge in [-0.1, -0.05) is 30.3 Å². The zero-order valence-corrected chi connectivity index (χ0v) is 16.2. The summed E-state index contributed by atoms with van der Waals surface area (Å²) in [7, 11) is 0. The number of rotatable bonds is 4. The molecule has 6 nitrogen and oxygen atoms in total. The Hall–Kier alpha value is -3.41. The fourth-order valence-electron chi connectivity index (χ4n) is 4.03. The molecule has 5 rings (SSSR count). The summed E-state index contributed by atoms with van der Waals surface area (Å²) in [5, 5.41) is 4.39. The lowest BCUT2D eigenvalue weighted by Gasteiger charge is -2.31. The van der Waals surface area contributed by atoms with E-state index < -0.39 is 0 Å². The molecular formula is C23H23N5O. The minimum atomic E-state index is 0.167. The third-order valence-electron chi connectivity index (χ3n) is 5.65. The zero-order valence-electron chi connectivity index (χ0n) is 16.2. The number of piperidine rings is 1. The van der Waals surface area contributed by atoms with Crippen LogP contribution in [0.25, 0.3) is 16.7 Å². The molecule has 146 valence electrons. The van der Waals surface area contributed by atoms with E-state index >= 15 is 0 Å². The highest BCUT2D eigenvalue weighted by atomic mass is 16.2. The molecule has 1 aliphatic heterocycles. The van der Waals surface area contributed by atoms with Crippen LogP contribution in [0, 0.1) is 0 Å². The van der Waals surface area contributed by atoms with Gasteiger partial charge in [-0.3, -0.25) is 4.79 Å². The van der Waals surface area contributed by atoms with Crippen LogP contribution in [0.3, 0.4) is 0 Å². The Morgan fingerprint density at radius 3 is 2.59 bits per heavy atom. The van der Waals surface area contributed by atoms with Crippen LogP contribution in [0.5, 0.6) is 0 Å². The molecule has 0 bridgehead atoms. The van der Waals surface area contributed by atoms with E-state index in [2.05, 4.69) is 16.1 Å². The normalized spacial score (nSPS) is 15.1. The predicted octanol–water partition coefficient (Wildman–Crippen LogP) is 3.70. The molecule has 0 spiro atoms. The van der Waals surface area contributed by atoms with Gasteiger partial charge in [-0.15, -0.1) is 0 Å². The van der Waals surface area contributed by atoms with Gasteiger partial charge in [0.2, 0.25) is 5.91 Å². The molecule has 0 unspecified atom stereocenters. The second-order valence-electron chi connectivity index (χ2n) is 7.60. The quantitative estimate of drug-likeness (QED) is 0.582. The average molecular weight is 385 g/mol. The second kappa shape index (κ2) is 7.54. The Kier molecular flexibility index (Phi) is 4.60. The van der Waals surface area contributed by atoms with Crippen molar-refractivity contribution < 1.29 is 4.79 Å². The Morgan fingerprint density at radius 1 is 1.03 bits per heavy atom. The number of nitrogens with one attached hydrogen (secondary N) is 1. The molecule has 29 heavy (non-hydrogen) atoms. The van der Waals surface area contributed by atoms with Crippen LogP contribution in [0.2, 0.25) is 0 Å². The highest BCUT2D eigenvalue weighted by Gasteiger charge is 2.26. The van der Waals surface area contributed by atoms with Gasteiger partial charge < -0.3 is 9.88 Å². The molecule has 1 N–H and O–H groups in total. The van der Waals surface area contributed by atoms with Crippen molar-refractivity contribution in [2.24, 2.45) is 0 Å². The summed E-state index contributed by atoms with van der Waals surface area (Å²) in [6.07, 6.45) is 5.99. The largest absolute Gasteiger partial charge is 0.342 e. The summed E-state index contributed by atoms with van der Waals surface area (Å²) in [4.78, 5) is 22.9. The van der Waals surface area contributed by atoms with Crippen molar-refractivity contribution in [1.82, 2.24) is 24.6 Å². The number of para-hydroxylation sites is 3. The van der Waals surface area contributed by atoms with Crippen molar-refractivity contribution in [3.63, 3.8) is 0 Å². The Labute approximate surface area is 169 Å². The van der Waals surface area contributed by atoms with Crippen LogP contribution in [0.15, 0.2) is 67.0 Å². The van der Waals surface area contributed by atoms with Gasteiger partial charge in [0.1, 0.15) is 5.82 Å². The van der Waals surface area contributed by atoms with Gasteiger partial charge in [0, 0.05) is 25.2 Å². The van der Waals surface area contributed by atoms with E-state index in [-0.39, 0.29) is 5.91 Å². The van der Waals surface area contributed by atoms with E-state index in [1.807, 2.05) is 64.3 Å². The van der Waals surface area contributed by atoms with Crippen LogP contribution in [0.1, 0.15) is 30.1 Å². The maximum Gasteiger partial charge on any atom is 0.227 e. The number of aromatic amines is 1. The maximum atomic E-state index is 12.8. The minimum Gasteiger partial charge on any atom is -0.342 e. The van der Waals surface area contributed by atoms with E-state index in [1.165, 1.54) is 0 Å². The topological polar surface area (TPSA) is 66.8 Å². The molecule has 3 heterocycles. The lowest BCUT2D eigenvalue weighted by molar-refractivity contribution is -0.131. The predicted molar refractivity (Wildman–Crippen MR) is 112 cm³/mol.